The van der Waals surface area contributed by atoms with Gasteiger partial charge < -0.3 is 0 Å². The van der Waals surface area contributed by atoms with Crippen LogP contribution in [0.15, 0.2) is 95.9 Å². The lowest BCUT2D eigenvalue weighted by Gasteiger charge is -2.35. The Morgan fingerprint density at radius 2 is 1.00 bits per heavy atom. The number of carbonyl (C=O) groups is 1. The Kier molecular flexibility index (Phi) is 7.36. The summed E-state index contributed by atoms with van der Waals surface area (Å²) in [7, 11) is 0. The van der Waals surface area contributed by atoms with Crippen molar-refractivity contribution in [1.29, 1.82) is 0 Å². The first-order chi connectivity index (χ1) is 16.8. The van der Waals surface area contributed by atoms with Crippen molar-refractivity contribution in [3.63, 3.8) is 0 Å². The number of rotatable bonds is 8. The van der Waals surface area contributed by atoms with Crippen LogP contribution in [0.4, 0.5) is 22.0 Å². The number of hydrogen-bond acceptors (Lipinski definition) is 2. The molecule has 0 heterocycles. The van der Waals surface area contributed by atoms with Gasteiger partial charge in [0.25, 0.3) is 0 Å². The number of halogens is 5. The van der Waals surface area contributed by atoms with Crippen LogP contribution in [0.3, 0.4) is 0 Å². The first-order valence-corrected chi connectivity index (χ1v) is 11.6. The fraction of sp³-hybridized carbons (Fsp3) is 0.107. The molecule has 0 aliphatic carbocycles. The molecule has 4 rings (SSSR count). The Morgan fingerprint density at radius 3 is 1.46 bits per heavy atom. The van der Waals surface area contributed by atoms with Crippen LogP contribution in [-0.4, -0.2) is 5.78 Å². The van der Waals surface area contributed by atoms with Gasteiger partial charge in [0.05, 0.1) is 9.64 Å². The molecule has 0 unspecified atom stereocenters. The minimum absolute atomic E-state index is 0.0315. The molecule has 0 N–H and O–H groups in total. The highest BCUT2D eigenvalue weighted by atomic mass is 32.2. The Balaban J connectivity index is 1.88. The third kappa shape index (κ3) is 4.86. The van der Waals surface area contributed by atoms with E-state index in [1.807, 2.05) is 0 Å². The monoisotopic (exact) mass is 498 g/mol. The summed E-state index contributed by atoms with van der Waals surface area (Å²) in [6, 6.07) is 25.7. The van der Waals surface area contributed by atoms with Gasteiger partial charge >= 0.3 is 0 Å². The topological polar surface area (TPSA) is 17.1 Å². The van der Waals surface area contributed by atoms with Crippen molar-refractivity contribution < 1.29 is 26.7 Å². The zero-order chi connectivity index (χ0) is 25.0. The third-order valence-corrected chi connectivity index (χ3v) is 7.31. The predicted octanol–water partition coefficient (Wildman–Crippen LogP) is 8.08. The zero-order valence-corrected chi connectivity index (χ0v) is 19.1. The molecule has 0 aliphatic rings. The molecule has 178 valence electrons. The van der Waals surface area contributed by atoms with Gasteiger partial charge in [-0.05, 0) is 17.5 Å². The van der Waals surface area contributed by atoms with Crippen molar-refractivity contribution in [2.24, 2.45) is 0 Å². The fourth-order valence-corrected chi connectivity index (χ4v) is 5.36. The third-order valence-electron chi connectivity index (χ3n) is 5.73. The molecule has 0 radical (unpaired) electrons. The molecule has 4 aromatic rings. The van der Waals surface area contributed by atoms with Gasteiger partial charge in [0.2, 0.25) is 5.82 Å². The zero-order valence-electron chi connectivity index (χ0n) is 18.3. The maximum Gasteiger partial charge on any atom is 0.200 e. The van der Waals surface area contributed by atoms with Gasteiger partial charge in [0, 0.05) is 12.0 Å². The average molecular weight is 499 g/mol. The number of benzene rings is 4. The van der Waals surface area contributed by atoms with E-state index in [9.17, 15) is 26.7 Å². The summed E-state index contributed by atoms with van der Waals surface area (Å²) >= 11 is 0.521. The molecule has 0 aliphatic heterocycles. The summed E-state index contributed by atoms with van der Waals surface area (Å²) < 4.78 is 70.2. The van der Waals surface area contributed by atoms with Crippen LogP contribution >= 0.6 is 11.8 Å². The Hall–Kier alpha value is -3.45. The first kappa shape index (κ1) is 24.7. The molecule has 7 heteroatoms. The van der Waals surface area contributed by atoms with Gasteiger partial charge in [-0.2, -0.15) is 0 Å². The average Bonchev–Trinajstić information content (AvgIpc) is 2.92. The maximum atomic E-state index is 14.8. The van der Waals surface area contributed by atoms with Crippen molar-refractivity contribution in [1.82, 2.24) is 0 Å². The minimum atomic E-state index is -2.21. The molecular formula is C28H19F5OS. The standard InChI is InChI=1S/C28H19F5OS/c29-22-23(30)25(32)27(26(33)24(22)31)35-28(19-12-6-2-7-13-19,20-14-8-3-9-15-20)17-16-21(34)18-10-4-1-5-11-18/h1-15H,16-17H2. The van der Waals surface area contributed by atoms with Crippen molar-refractivity contribution in [2.75, 3.05) is 0 Å². The molecule has 0 saturated heterocycles. The van der Waals surface area contributed by atoms with E-state index < -0.39 is 38.7 Å². The summed E-state index contributed by atoms with van der Waals surface area (Å²) in [6.45, 7) is 0. The Labute approximate surface area is 203 Å². The van der Waals surface area contributed by atoms with Gasteiger partial charge in [0.15, 0.2) is 29.1 Å². The fourth-order valence-electron chi connectivity index (χ4n) is 3.95. The van der Waals surface area contributed by atoms with E-state index in [-0.39, 0.29) is 18.6 Å². The number of ketones is 1. The molecule has 1 nitrogen and oxygen atoms in total. The molecule has 0 aromatic heterocycles. The van der Waals surface area contributed by atoms with E-state index in [1.54, 1.807) is 91.0 Å². The summed E-state index contributed by atoms with van der Waals surface area (Å²) in [5.41, 5.74) is 1.57. The summed E-state index contributed by atoms with van der Waals surface area (Å²) in [4.78, 5) is 12.0. The minimum Gasteiger partial charge on any atom is -0.294 e. The lowest BCUT2D eigenvalue weighted by Crippen LogP contribution is -2.26. The van der Waals surface area contributed by atoms with Crippen molar-refractivity contribution >= 4 is 17.5 Å². The molecule has 0 amide bonds. The summed E-state index contributed by atoms with van der Waals surface area (Å²) in [5, 5.41) is 0. The summed E-state index contributed by atoms with van der Waals surface area (Å²) in [5.74, 6) is -10.3. The Morgan fingerprint density at radius 1 is 0.600 bits per heavy atom. The number of Topliss-reactive ketones (excluding diaryl/α,β-unsaturated/α-hetero) is 1. The van der Waals surface area contributed by atoms with E-state index in [2.05, 4.69) is 0 Å². The molecule has 4 aromatic carbocycles. The highest BCUT2D eigenvalue weighted by molar-refractivity contribution is 8.00. The number of thioether (sulfide) groups is 1. The van der Waals surface area contributed by atoms with Crippen LogP contribution in [-0.2, 0) is 4.75 Å². The van der Waals surface area contributed by atoms with Crippen molar-refractivity contribution in [2.45, 2.75) is 22.5 Å². The lowest BCUT2D eigenvalue weighted by molar-refractivity contribution is 0.0977. The highest BCUT2D eigenvalue weighted by Crippen LogP contribution is 2.52. The molecule has 35 heavy (non-hydrogen) atoms. The number of carbonyl (C=O) groups excluding carboxylic acids is 1. The van der Waals surface area contributed by atoms with Gasteiger partial charge in [-0.3, -0.25) is 4.79 Å². The van der Waals surface area contributed by atoms with E-state index in [0.29, 0.717) is 28.5 Å². The van der Waals surface area contributed by atoms with E-state index >= 15 is 0 Å². The molecule has 0 saturated carbocycles. The van der Waals surface area contributed by atoms with Crippen LogP contribution in [0.1, 0.15) is 34.3 Å². The first-order valence-electron chi connectivity index (χ1n) is 10.7. The second kappa shape index (κ2) is 10.4. The van der Waals surface area contributed by atoms with Gasteiger partial charge in [-0.1, -0.05) is 91.0 Å². The van der Waals surface area contributed by atoms with E-state index in [0.717, 1.165) is 0 Å². The smallest absolute Gasteiger partial charge is 0.200 e. The SMILES string of the molecule is O=C(CCC(Sc1c(F)c(F)c(F)c(F)c1F)(c1ccccc1)c1ccccc1)c1ccccc1. The second-order valence-electron chi connectivity index (χ2n) is 7.85. The molecule has 0 atom stereocenters. The van der Waals surface area contributed by atoms with Gasteiger partial charge in [-0.15, -0.1) is 11.8 Å². The van der Waals surface area contributed by atoms with Crippen molar-refractivity contribution in [3.05, 3.63) is 137 Å². The normalized spacial score (nSPS) is 11.5. The largest absolute Gasteiger partial charge is 0.294 e. The van der Waals surface area contributed by atoms with Crippen LogP contribution in [0.5, 0.6) is 0 Å². The van der Waals surface area contributed by atoms with Crippen LogP contribution < -0.4 is 0 Å². The van der Waals surface area contributed by atoms with E-state index in [4.69, 9.17) is 0 Å². The number of hydrogen-bond donors (Lipinski definition) is 0. The molecule has 0 spiro atoms. The van der Waals surface area contributed by atoms with Crippen molar-refractivity contribution in [3.8, 4) is 0 Å². The van der Waals surface area contributed by atoms with Crippen LogP contribution in [0, 0.1) is 29.1 Å². The summed E-state index contributed by atoms with van der Waals surface area (Å²) in [6.07, 6.45) is 0.00904. The quantitative estimate of drug-likeness (QED) is 0.0803. The van der Waals surface area contributed by atoms with Crippen LogP contribution in [0.2, 0.25) is 0 Å². The molecule has 0 fully saturated rings. The predicted molar refractivity (Wildman–Crippen MR) is 126 cm³/mol. The lowest BCUT2D eigenvalue weighted by atomic mass is 9.85. The second-order valence-corrected chi connectivity index (χ2v) is 9.16. The Bertz CT molecular complexity index is 1260. The van der Waals surface area contributed by atoms with Crippen LogP contribution in [0.25, 0.3) is 0 Å². The maximum absolute atomic E-state index is 14.8. The molecule has 0 bridgehead atoms. The highest BCUT2D eigenvalue weighted by Gasteiger charge is 2.39. The van der Waals surface area contributed by atoms with Gasteiger partial charge in [0.1, 0.15) is 0 Å². The molecular weight excluding hydrogens is 479 g/mol. The van der Waals surface area contributed by atoms with Gasteiger partial charge in [-0.25, -0.2) is 22.0 Å². The van der Waals surface area contributed by atoms with E-state index in [1.165, 1.54) is 0 Å².